The Labute approximate surface area is 276 Å². The molecule has 8 rings (SSSR count). The fourth-order valence-corrected chi connectivity index (χ4v) is 6.45. The first kappa shape index (κ1) is 28.3. The van der Waals surface area contributed by atoms with E-state index in [1.165, 1.54) is 55.3 Å². The van der Waals surface area contributed by atoms with Gasteiger partial charge in [0.25, 0.3) is 0 Å². The van der Waals surface area contributed by atoms with Crippen LogP contribution in [-0.4, -0.2) is 0 Å². The van der Waals surface area contributed by atoms with Crippen LogP contribution in [0.25, 0.3) is 55.3 Å². The quantitative estimate of drug-likeness (QED) is 0.176. The molecule has 47 heavy (non-hydrogen) atoms. The lowest BCUT2D eigenvalue weighted by Crippen LogP contribution is -2.09. The summed E-state index contributed by atoms with van der Waals surface area (Å²) in [5.41, 5.74) is 13.0. The summed E-state index contributed by atoms with van der Waals surface area (Å²) in [5.74, 6) is 0. The summed E-state index contributed by atoms with van der Waals surface area (Å²) in [5, 5.41) is 2.51. The van der Waals surface area contributed by atoms with Crippen molar-refractivity contribution in [1.82, 2.24) is 0 Å². The van der Waals surface area contributed by atoms with Crippen molar-refractivity contribution in [1.29, 1.82) is 0 Å². The molecule has 0 aliphatic rings. The molecule has 0 saturated heterocycles. The Morgan fingerprint density at radius 3 is 1.11 bits per heavy atom. The number of fused-ring (bicyclic) bond motifs is 1. The summed E-state index contributed by atoms with van der Waals surface area (Å²) < 4.78 is 0. The molecule has 0 unspecified atom stereocenters. The highest BCUT2D eigenvalue weighted by Gasteiger charge is 2.15. The van der Waals surface area contributed by atoms with Gasteiger partial charge in [-0.1, -0.05) is 158 Å². The summed E-state index contributed by atoms with van der Waals surface area (Å²) in [4.78, 5) is 2.34. The molecule has 1 nitrogen and oxygen atoms in total. The number of nitrogens with zero attached hydrogens (tertiary/aromatic N) is 1. The maximum Gasteiger partial charge on any atom is 0.0462 e. The molecule has 0 aliphatic carbocycles. The standard InChI is InChI=1S/C46H33N/c1-3-11-34(12-4-1)37-21-27-42(28-22-37)47(43-29-23-38(24-30-43)35-13-5-2-6-14-35)44-31-25-39(26-32-44)45-17-9-10-18-46(45)41-20-19-36-15-7-8-16-40(36)33-41/h1-33H. The van der Waals surface area contributed by atoms with E-state index in [1.807, 2.05) is 0 Å². The van der Waals surface area contributed by atoms with Crippen molar-refractivity contribution in [3.8, 4) is 44.5 Å². The van der Waals surface area contributed by atoms with E-state index in [0.29, 0.717) is 0 Å². The van der Waals surface area contributed by atoms with Gasteiger partial charge in [-0.2, -0.15) is 0 Å². The number of benzene rings is 8. The molecule has 1 heteroatoms. The predicted molar refractivity (Wildman–Crippen MR) is 200 cm³/mol. The van der Waals surface area contributed by atoms with E-state index in [9.17, 15) is 0 Å². The fraction of sp³-hybridized carbons (Fsp3) is 0. The zero-order valence-corrected chi connectivity index (χ0v) is 26.0. The van der Waals surface area contributed by atoms with E-state index in [0.717, 1.165) is 17.1 Å². The first-order valence-electron chi connectivity index (χ1n) is 16.1. The van der Waals surface area contributed by atoms with E-state index >= 15 is 0 Å². The Balaban J connectivity index is 1.17. The van der Waals surface area contributed by atoms with E-state index in [2.05, 4.69) is 205 Å². The van der Waals surface area contributed by atoms with E-state index in [-0.39, 0.29) is 0 Å². The Hall–Kier alpha value is -6.18. The molecule has 0 aliphatic heterocycles. The van der Waals surface area contributed by atoms with Crippen LogP contribution in [0.1, 0.15) is 0 Å². The lowest BCUT2D eigenvalue weighted by Gasteiger charge is -2.26. The minimum absolute atomic E-state index is 1.11. The average molecular weight is 600 g/mol. The molecule has 8 aromatic rings. The zero-order valence-electron chi connectivity index (χ0n) is 26.0. The van der Waals surface area contributed by atoms with Crippen molar-refractivity contribution < 1.29 is 0 Å². The molecular weight excluding hydrogens is 567 g/mol. The minimum Gasteiger partial charge on any atom is -0.311 e. The van der Waals surface area contributed by atoms with Gasteiger partial charge in [0.15, 0.2) is 0 Å². The first-order chi connectivity index (χ1) is 23.3. The third kappa shape index (κ3) is 5.83. The van der Waals surface area contributed by atoms with Crippen LogP contribution in [0.15, 0.2) is 200 Å². The van der Waals surface area contributed by atoms with Crippen LogP contribution in [-0.2, 0) is 0 Å². The molecular formula is C46H33N. The second kappa shape index (κ2) is 12.7. The summed E-state index contributed by atoms with van der Waals surface area (Å²) in [6.07, 6.45) is 0. The number of hydrogen-bond donors (Lipinski definition) is 0. The molecule has 0 amide bonds. The zero-order chi connectivity index (χ0) is 31.4. The normalized spacial score (nSPS) is 11.0. The molecule has 0 N–H and O–H groups in total. The van der Waals surface area contributed by atoms with Gasteiger partial charge in [-0.25, -0.2) is 0 Å². The van der Waals surface area contributed by atoms with Gasteiger partial charge in [0.2, 0.25) is 0 Å². The molecule has 0 atom stereocenters. The van der Waals surface area contributed by atoms with Crippen molar-refractivity contribution in [2.75, 3.05) is 4.90 Å². The second-order valence-corrected chi connectivity index (χ2v) is 11.8. The molecule has 8 aromatic carbocycles. The SMILES string of the molecule is c1ccc(-c2ccc(N(c3ccc(-c4ccccc4)cc3)c3ccc(-c4ccccc4-c4ccc5ccccc5c4)cc3)cc2)cc1. The summed E-state index contributed by atoms with van der Waals surface area (Å²) in [7, 11) is 0. The van der Waals surface area contributed by atoms with Crippen LogP contribution in [0.2, 0.25) is 0 Å². The maximum absolute atomic E-state index is 2.34. The van der Waals surface area contributed by atoms with Crippen LogP contribution in [0, 0.1) is 0 Å². The lowest BCUT2D eigenvalue weighted by atomic mass is 9.93. The number of rotatable bonds is 7. The van der Waals surface area contributed by atoms with Crippen LogP contribution >= 0.6 is 0 Å². The smallest absolute Gasteiger partial charge is 0.0462 e. The first-order valence-corrected chi connectivity index (χ1v) is 16.1. The van der Waals surface area contributed by atoms with Crippen molar-refractivity contribution in [3.63, 3.8) is 0 Å². The van der Waals surface area contributed by atoms with Crippen molar-refractivity contribution in [2.45, 2.75) is 0 Å². The highest BCUT2D eigenvalue weighted by molar-refractivity contribution is 5.92. The van der Waals surface area contributed by atoms with Crippen LogP contribution in [0.3, 0.4) is 0 Å². The third-order valence-corrected chi connectivity index (χ3v) is 8.89. The largest absolute Gasteiger partial charge is 0.311 e. The molecule has 0 heterocycles. The van der Waals surface area contributed by atoms with Crippen molar-refractivity contribution >= 4 is 27.8 Å². The van der Waals surface area contributed by atoms with Crippen molar-refractivity contribution in [2.24, 2.45) is 0 Å². The Morgan fingerprint density at radius 1 is 0.234 bits per heavy atom. The van der Waals surface area contributed by atoms with Gasteiger partial charge in [-0.3, -0.25) is 0 Å². The van der Waals surface area contributed by atoms with Gasteiger partial charge in [-0.15, -0.1) is 0 Å². The Morgan fingerprint density at radius 2 is 0.596 bits per heavy atom. The van der Waals surface area contributed by atoms with Gasteiger partial charge in [0, 0.05) is 17.1 Å². The highest BCUT2D eigenvalue weighted by Crippen LogP contribution is 2.39. The minimum atomic E-state index is 1.11. The third-order valence-electron chi connectivity index (χ3n) is 8.89. The molecule has 0 fully saturated rings. The molecule has 0 aromatic heterocycles. The van der Waals surface area contributed by atoms with E-state index in [4.69, 9.17) is 0 Å². The highest BCUT2D eigenvalue weighted by atomic mass is 15.1. The monoisotopic (exact) mass is 599 g/mol. The van der Waals surface area contributed by atoms with Gasteiger partial charge in [-0.05, 0) is 97.7 Å². The summed E-state index contributed by atoms with van der Waals surface area (Å²) >= 11 is 0. The lowest BCUT2D eigenvalue weighted by molar-refractivity contribution is 1.28. The fourth-order valence-electron chi connectivity index (χ4n) is 6.45. The molecule has 0 bridgehead atoms. The Bertz CT molecular complexity index is 2170. The van der Waals surface area contributed by atoms with Gasteiger partial charge in [0.05, 0.1) is 0 Å². The second-order valence-electron chi connectivity index (χ2n) is 11.8. The van der Waals surface area contributed by atoms with Gasteiger partial charge >= 0.3 is 0 Å². The Kier molecular flexibility index (Phi) is 7.63. The topological polar surface area (TPSA) is 3.24 Å². The van der Waals surface area contributed by atoms with Crippen LogP contribution in [0.5, 0.6) is 0 Å². The van der Waals surface area contributed by atoms with E-state index < -0.39 is 0 Å². The molecule has 0 saturated carbocycles. The molecule has 222 valence electrons. The summed E-state index contributed by atoms with van der Waals surface area (Å²) in [6.45, 7) is 0. The molecule has 0 spiro atoms. The predicted octanol–water partition coefficient (Wildman–Crippen LogP) is 13.0. The number of anilines is 3. The number of hydrogen-bond acceptors (Lipinski definition) is 1. The average Bonchev–Trinajstić information content (AvgIpc) is 3.16. The van der Waals surface area contributed by atoms with E-state index in [1.54, 1.807) is 0 Å². The maximum atomic E-state index is 2.34. The van der Waals surface area contributed by atoms with Gasteiger partial charge < -0.3 is 4.90 Å². The van der Waals surface area contributed by atoms with Crippen molar-refractivity contribution in [3.05, 3.63) is 200 Å². The van der Waals surface area contributed by atoms with Gasteiger partial charge in [0.1, 0.15) is 0 Å². The van der Waals surface area contributed by atoms with Crippen LogP contribution in [0.4, 0.5) is 17.1 Å². The van der Waals surface area contributed by atoms with Crippen LogP contribution < -0.4 is 4.90 Å². The summed E-state index contributed by atoms with van der Waals surface area (Å²) in [6, 6.07) is 71.8. The molecule has 0 radical (unpaired) electrons.